The number of carboxylic acids is 2. The molecule has 0 saturated carbocycles. The van der Waals surface area contributed by atoms with Crippen molar-refractivity contribution >= 4 is 17.9 Å². The quantitative estimate of drug-likeness (QED) is 0.129. The first kappa shape index (κ1) is 31.7. The predicted octanol–water partition coefficient (Wildman–Crippen LogP) is 4.93. The molecule has 1 spiro atoms. The Morgan fingerprint density at radius 2 is 1.82 bits per heavy atom. The van der Waals surface area contributed by atoms with Gasteiger partial charge in [0.15, 0.2) is 5.79 Å². The van der Waals surface area contributed by atoms with Crippen molar-refractivity contribution < 1.29 is 43.9 Å². The summed E-state index contributed by atoms with van der Waals surface area (Å²) < 4.78 is 19.3. The van der Waals surface area contributed by atoms with Crippen LogP contribution in [0.15, 0.2) is 35.5 Å². The molecular weight excluding hydrogens is 492 g/mol. The summed E-state index contributed by atoms with van der Waals surface area (Å²) in [6.07, 6.45) is 10.4. The van der Waals surface area contributed by atoms with Gasteiger partial charge in [0.25, 0.3) is 0 Å². The summed E-state index contributed by atoms with van der Waals surface area (Å²) in [6.45, 7) is 7.70. The van der Waals surface area contributed by atoms with E-state index in [2.05, 4.69) is 6.92 Å². The molecule has 0 aromatic rings. The van der Waals surface area contributed by atoms with Crippen LogP contribution in [0.1, 0.15) is 91.9 Å². The molecule has 214 valence electrons. The lowest BCUT2D eigenvalue weighted by Crippen LogP contribution is -2.59. The summed E-state index contributed by atoms with van der Waals surface area (Å²) >= 11 is 0. The van der Waals surface area contributed by atoms with Gasteiger partial charge in [-0.2, -0.15) is 0 Å². The van der Waals surface area contributed by atoms with E-state index in [0.717, 1.165) is 30.9 Å². The molecule has 0 bridgehead atoms. The first-order chi connectivity index (χ1) is 17.9. The molecule has 2 saturated heterocycles. The maximum absolute atomic E-state index is 12.7. The van der Waals surface area contributed by atoms with Gasteiger partial charge >= 0.3 is 17.9 Å². The molecule has 0 aromatic heterocycles. The molecule has 0 aromatic carbocycles. The van der Waals surface area contributed by atoms with Crippen LogP contribution in [-0.2, 0) is 28.6 Å². The monoisotopic (exact) mass is 536 g/mol. The highest BCUT2D eigenvalue weighted by molar-refractivity contribution is 5.81. The second kappa shape index (κ2) is 14.6. The molecule has 5 atom stereocenters. The fourth-order valence-electron chi connectivity index (χ4n) is 5.05. The lowest BCUT2D eigenvalue weighted by atomic mass is 9.78. The summed E-state index contributed by atoms with van der Waals surface area (Å²) in [6, 6.07) is 0. The van der Waals surface area contributed by atoms with Crippen LogP contribution >= 0.6 is 0 Å². The normalized spacial score (nSPS) is 30.5. The molecule has 2 rings (SSSR count). The molecule has 2 heterocycles. The third-order valence-electron chi connectivity index (χ3n) is 7.42. The van der Waals surface area contributed by atoms with Crippen LogP contribution in [0.4, 0.5) is 0 Å². The Morgan fingerprint density at radius 1 is 1.08 bits per heavy atom. The van der Waals surface area contributed by atoms with Crippen molar-refractivity contribution in [3.63, 3.8) is 0 Å². The van der Waals surface area contributed by atoms with E-state index in [-0.39, 0.29) is 25.6 Å². The van der Waals surface area contributed by atoms with Gasteiger partial charge in [-0.05, 0) is 57.4 Å². The van der Waals surface area contributed by atoms with E-state index in [1.807, 2.05) is 19.9 Å². The Morgan fingerprint density at radius 3 is 2.45 bits per heavy atom. The molecular formula is C29H44O9. The minimum Gasteiger partial charge on any atom is -0.481 e. The highest BCUT2D eigenvalue weighted by Gasteiger charge is 2.54. The average molecular weight is 537 g/mol. The summed E-state index contributed by atoms with van der Waals surface area (Å²) in [5.74, 6) is -3.33. The minimum absolute atomic E-state index is 0.00792. The number of carboxylic acid groups (broad SMARTS) is 2. The van der Waals surface area contributed by atoms with Gasteiger partial charge in [0.1, 0.15) is 11.7 Å². The number of carbonyl (C=O) groups is 3. The zero-order chi connectivity index (χ0) is 28.3. The SMILES string of the molecule is CCCC[C@@]1(OC(=O)CCC(=O)O)CC[C@]2(CC[C@H](C)[C@@H](C/C=C(\C)CO)O2)O[C@H]1/C=C/C(C)=C/C(=O)O. The molecule has 2 fully saturated rings. The van der Waals surface area contributed by atoms with Gasteiger partial charge in [-0.25, -0.2) is 4.79 Å². The number of hydrogen-bond acceptors (Lipinski definition) is 7. The van der Waals surface area contributed by atoms with E-state index in [1.54, 1.807) is 19.1 Å². The maximum atomic E-state index is 12.7. The Kier molecular flexibility index (Phi) is 12.2. The van der Waals surface area contributed by atoms with E-state index >= 15 is 0 Å². The van der Waals surface area contributed by atoms with E-state index in [9.17, 15) is 19.5 Å². The number of aliphatic hydroxyl groups is 1. The van der Waals surface area contributed by atoms with E-state index in [1.165, 1.54) is 0 Å². The molecule has 0 unspecified atom stereocenters. The second-order valence-electron chi connectivity index (χ2n) is 10.7. The van der Waals surface area contributed by atoms with Gasteiger partial charge in [-0.15, -0.1) is 0 Å². The standard InChI is InChI=1S/C29H44O9/c1-5-6-14-28(38-27(35)12-11-25(31)32)16-17-29(37-24(28)10-8-20(2)18-26(33)34)15-13-22(4)23(36-29)9-7-21(3)19-30/h7-8,10,18,22-24,30H,5-6,9,11-17,19H2,1-4H3,(H,31,32)(H,33,34)/b10-8+,20-18+,21-7+/t22-,23+,24-,28+,29-/m0/s1. The maximum Gasteiger partial charge on any atom is 0.328 e. The van der Waals surface area contributed by atoms with Crippen molar-refractivity contribution in [1.29, 1.82) is 0 Å². The van der Waals surface area contributed by atoms with Crippen LogP contribution < -0.4 is 0 Å². The van der Waals surface area contributed by atoms with E-state index < -0.39 is 35.4 Å². The molecule has 9 nitrogen and oxygen atoms in total. The Bertz CT molecular complexity index is 921. The molecule has 2 aliphatic heterocycles. The second-order valence-corrected chi connectivity index (χ2v) is 10.7. The molecule has 3 N–H and O–H groups in total. The van der Waals surface area contributed by atoms with Gasteiger partial charge in [0, 0.05) is 18.9 Å². The van der Waals surface area contributed by atoms with Crippen molar-refractivity contribution in [2.45, 2.75) is 115 Å². The van der Waals surface area contributed by atoms with Gasteiger partial charge in [0.05, 0.1) is 25.6 Å². The molecule has 0 amide bonds. The van der Waals surface area contributed by atoms with Crippen molar-refractivity contribution in [2.75, 3.05) is 6.61 Å². The van der Waals surface area contributed by atoms with E-state index in [0.29, 0.717) is 43.6 Å². The van der Waals surface area contributed by atoms with Gasteiger partial charge in [-0.3, -0.25) is 9.59 Å². The van der Waals surface area contributed by atoms with Crippen molar-refractivity contribution in [3.8, 4) is 0 Å². The number of carbonyl (C=O) groups excluding carboxylic acids is 1. The van der Waals surface area contributed by atoms with Gasteiger partial charge in [-0.1, -0.05) is 44.1 Å². The minimum atomic E-state index is -1.07. The van der Waals surface area contributed by atoms with Crippen molar-refractivity contribution in [3.05, 3.63) is 35.5 Å². The number of unbranched alkanes of at least 4 members (excludes halogenated alkanes) is 1. The predicted molar refractivity (Wildman–Crippen MR) is 141 cm³/mol. The van der Waals surface area contributed by atoms with Crippen molar-refractivity contribution in [1.82, 2.24) is 0 Å². The summed E-state index contributed by atoms with van der Waals surface area (Å²) in [4.78, 5) is 34.9. The van der Waals surface area contributed by atoms with Crippen LogP contribution in [0, 0.1) is 5.92 Å². The molecule has 9 heteroatoms. The number of allylic oxidation sites excluding steroid dienone is 2. The van der Waals surface area contributed by atoms with Crippen molar-refractivity contribution in [2.24, 2.45) is 5.92 Å². The fourth-order valence-corrected chi connectivity index (χ4v) is 5.05. The number of hydrogen-bond donors (Lipinski definition) is 3. The topological polar surface area (TPSA) is 140 Å². The molecule has 38 heavy (non-hydrogen) atoms. The van der Waals surface area contributed by atoms with Crippen LogP contribution in [0.5, 0.6) is 0 Å². The first-order valence-electron chi connectivity index (χ1n) is 13.6. The summed E-state index contributed by atoms with van der Waals surface area (Å²) in [7, 11) is 0. The third-order valence-corrected chi connectivity index (χ3v) is 7.42. The zero-order valence-corrected chi connectivity index (χ0v) is 23.1. The average Bonchev–Trinajstić information content (AvgIpc) is 2.86. The van der Waals surface area contributed by atoms with Crippen LogP contribution in [-0.4, -0.2) is 63.4 Å². The van der Waals surface area contributed by atoms with Gasteiger partial charge < -0.3 is 29.5 Å². The third kappa shape index (κ3) is 9.36. The zero-order valence-electron chi connectivity index (χ0n) is 23.1. The number of aliphatic carboxylic acids is 2. The molecule has 2 aliphatic rings. The smallest absolute Gasteiger partial charge is 0.328 e. The Hall–Kier alpha value is -2.49. The number of ether oxygens (including phenoxy) is 3. The molecule has 0 aliphatic carbocycles. The lowest BCUT2D eigenvalue weighted by Gasteiger charge is -2.53. The van der Waals surface area contributed by atoms with Crippen LogP contribution in [0.3, 0.4) is 0 Å². The van der Waals surface area contributed by atoms with Gasteiger partial charge in [0.2, 0.25) is 0 Å². The lowest BCUT2D eigenvalue weighted by molar-refractivity contribution is -0.344. The Labute approximate surface area is 225 Å². The molecule has 0 radical (unpaired) electrons. The highest BCUT2D eigenvalue weighted by Crippen LogP contribution is 2.48. The summed E-state index contributed by atoms with van der Waals surface area (Å²) in [5.41, 5.74) is 0.355. The van der Waals surface area contributed by atoms with Crippen LogP contribution in [0.2, 0.25) is 0 Å². The van der Waals surface area contributed by atoms with Crippen LogP contribution in [0.25, 0.3) is 0 Å². The number of rotatable bonds is 13. The Balaban J connectivity index is 2.39. The first-order valence-corrected chi connectivity index (χ1v) is 13.6. The fraction of sp³-hybridized carbons (Fsp3) is 0.690. The number of esters is 1. The number of aliphatic hydroxyl groups excluding tert-OH is 1. The highest BCUT2D eigenvalue weighted by atomic mass is 16.7. The largest absolute Gasteiger partial charge is 0.481 e. The van der Waals surface area contributed by atoms with E-state index in [4.69, 9.17) is 24.4 Å². The summed E-state index contributed by atoms with van der Waals surface area (Å²) in [5, 5.41) is 27.5.